The largest absolute Gasteiger partial charge is 0.467 e. The minimum atomic E-state index is -3.89. The molecular weight excluding hydrogens is 426 g/mol. The molecule has 156 valence electrons. The molecular formula is C20H19N3O5S2. The van der Waals surface area contributed by atoms with Crippen molar-refractivity contribution in [1.29, 1.82) is 0 Å². The molecule has 1 aliphatic rings. The molecule has 0 saturated heterocycles. The number of anilines is 1. The van der Waals surface area contributed by atoms with E-state index >= 15 is 0 Å². The van der Waals surface area contributed by atoms with Crippen LogP contribution in [-0.4, -0.2) is 33.2 Å². The number of hydrogen-bond acceptors (Lipinski definition) is 6. The van der Waals surface area contributed by atoms with Gasteiger partial charge < -0.3 is 4.42 Å². The lowest BCUT2D eigenvalue weighted by Crippen LogP contribution is -2.27. The summed E-state index contributed by atoms with van der Waals surface area (Å²) < 4.78 is 58.2. The summed E-state index contributed by atoms with van der Waals surface area (Å²) in [7, 11) is -7.28. The maximum Gasteiger partial charge on any atom is 0.279 e. The minimum absolute atomic E-state index is 0.138. The summed E-state index contributed by atoms with van der Waals surface area (Å²) in [6, 6.07) is 17.5. The molecule has 1 atom stereocenters. The van der Waals surface area contributed by atoms with Gasteiger partial charge in [0.15, 0.2) is 0 Å². The molecule has 1 N–H and O–H groups in total. The zero-order valence-corrected chi connectivity index (χ0v) is 17.6. The highest BCUT2D eigenvalue weighted by molar-refractivity contribution is 7.92. The number of sulfonamides is 2. The Balaban J connectivity index is 1.71. The van der Waals surface area contributed by atoms with Gasteiger partial charge in [-0.3, -0.25) is 4.72 Å². The first kappa shape index (κ1) is 20.2. The van der Waals surface area contributed by atoms with Gasteiger partial charge in [0.2, 0.25) is 10.0 Å². The van der Waals surface area contributed by atoms with Crippen LogP contribution in [0.15, 0.2) is 87.4 Å². The lowest BCUT2D eigenvalue weighted by Gasteiger charge is -2.21. The average Bonchev–Trinajstić information content (AvgIpc) is 3.38. The van der Waals surface area contributed by atoms with Gasteiger partial charge in [-0.1, -0.05) is 30.3 Å². The van der Waals surface area contributed by atoms with E-state index in [1.54, 1.807) is 54.6 Å². The van der Waals surface area contributed by atoms with Crippen molar-refractivity contribution < 1.29 is 21.3 Å². The van der Waals surface area contributed by atoms with Crippen LogP contribution in [0.1, 0.15) is 23.8 Å². The van der Waals surface area contributed by atoms with Crippen molar-refractivity contribution in [2.45, 2.75) is 17.4 Å². The second-order valence-electron chi connectivity index (χ2n) is 6.82. The molecule has 1 unspecified atom stereocenters. The maximum atomic E-state index is 13.2. The summed E-state index contributed by atoms with van der Waals surface area (Å²) in [6.45, 7) is 0. The molecule has 1 aliphatic heterocycles. The standard InChI is InChI=1S/C20H19N3O5S2/c1-29(24,25)22-16-11-9-15(10-12-16)18-14-19(20-8-5-13-28-20)23(21-18)30(26,27)17-6-3-2-4-7-17/h2-13,19,22H,14H2,1H3. The van der Waals surface area contributed by atoms with Gasteiger partial charge in [-0.2, -0.15) is 17.9 Å². The van der Waals surface area contributed by atoms with Crippen LogP contribution in [0.25, 0.3) is 0 Å². The van der Waals surface area contributed by atoms with Gasteiger partial charge in [0.1, 0.15) is 11.8 Å². The Bertz CT molecular complexity index is 1270. The van der Waals surface area contributed by atoms with E-state index in [4.69, 9.17) is 4.42 Å². The van der Waals surface area contributed by atoms with Crippen molar-refractivity contribution in [2.24, 2.45) is 5.10 Å². The first-order valence-electron chi connectivity index (χ1n) is 9.03. The average molecular weight is 446 g/mol. The molecule has 0 radical (unpaired) electrons. The molecule has 1 aromatic heterocycles. The highest BCUT2D eigenvalue weighted by atomic mass is 32.2. The molecule has 8 nitrogen and oxygen atoms in total. The van der Waals surface area contributed by atoms with E-state index in [0.717, 1.165) is 10.7 Å². The molecule has 2 heterocycles. The van der Waals surface area contributed by atoms with Gasteiger partial charge in [-0.25, -0.2) is 8.42 Å². The molecule has 30 heavy (non-hydrogen) atoms. The molecule has 3 aromatic rings. The second-order valence-corrected chi connectivity index (χ2v) is 10.4. The highest BCUT2D eigenvalue weighted by Gasteiger charge is 2.39. The minimum Gasteiger partial charge on any atom is -0.467 e. The van der Waals surface area contributed by atoms with Crippen LogP contribution >= 0.6 is 0 Å². The number of furan rings is 1. The van der Waals surface area contributed by atoms with E-state index in [1.165, 1.54) is 18.4 Å². The number of nitrogens with one attached hydrogen (secondary N) is 1. The Morgan fingerprint density at radius 1 is 0.967 bits per heavy atom. The third-order valence-electron chi connectivity index (χ3n) is 4.55. The fourth-order valence-corrected chi connectivity index (χ4v) is 5.22. The van der Waals surface area contributed by atoms with Gasteiger partial charge in [0.05, 0.1) is 23.1 Å². The van der Waals surface area contributed by atoms with E-state index in [0.29, 0.717) is 29.1 Å². The highest BCUT2D eigenvalue weighted by Crippen LogP contribution is 2.37. The van der Waals surface area contributed by atoms with Crippen molar-refractivity contribution in [3.8, 4) is 0 Å². The van der Waals surface area contributed by atoms with E-state index in [2.05, 4.69) is 9.82 Å². The van der Waals surface area contributed by atoms with E-state index in [-0.39, 0.29) is 4.90 Å². The molecule has 0 bridgehead atoms. The van der Waals surface area contributed by atoms with Gasteiger partial charge in [-0.15, -0.1) is 0 Å². The summed E-state index contributed by atoms with van der Waals surface area (Å²) in [5.41, 5.74) is 1.66. The maximum absolute atomic E-state index is 13.2. The lowest BCUT2D eigenvalue weighted by atomic mass is 10.0. The SMILES string of the molecule is CS(=O)(=O)Nc1ccc(C2=NN(S(=O)(=O)c3ccccc3)C(c3ccco3)C2)cc1. The van der Waals surface area contributed by atoms with Crippen LogP contribution in [0, 0.1) is 0 Å². The zero-order valence-electron chi connectivity index (χ0n) is 16.0. The van der Waals surface area contributed by atoms with Crippen LogP contribution in [0.3, 0.4) is 0 Å². The normalized spacial score (nSPS) is 17.0. The van der Waals surface area contributed by atoms with E-state index < -0.39 is 26.1 Å². The van der Waals surface area contributed by atoms with Crippen LogP contribution in [0.2, 0.25) is 0 Å². The van der Waals surface area contributed by atoms with Crippen molar-refractivity contribution in [1.82, 2.24) is 4.41 Å². The number of nitrogens with zero attached hydrogens (tertiary/aromatic N) is 2. The molecule has 10 heteroatoms. The van der Waals surface area contributed by atoms with Crippen molar-refractivity contribution in [2.75, 3.05) is 11.0 Å². The molecule has 2 aromatic carbocycles. The molecule has 4 rings (SSSR count). The summed E-state index contributed by atoms with van der Waals surface area (Å²) >= 11 is 0. The van der Waals surface area contributed by atoms with Crippen LogP contribution < -0.4 is 4.72 Å². The zero-order chi connectivity index (χ0) is 21.4. The van der Waals surface area contributed by atoms with E-state index in [1.807, 2.05) is 0 Å². The molecule has 0 aliphatic carbocycles. The Hall–Kier alpha value is -3.11. The van der Waals surface area contributed by atoms with Crippen LogP contribution in [-0.2, 0) is 20.0 Å². The Labute approximate surface area is 174 Å². The summed E-state index contributed by atoms with van der Waals surface area (Å²) in [5.74, 6) is 0.489. The smallest absolute Gasteiger partial charge is 0.279 e. The number of rotatable bonds is 6. The first-order chi connectivity index (χ1) is 14.2. The van der Waals surface area contributed by atoms with Crippen molar-refractivity contribution >= 4 is 31.4 Å². The molecule has 0 amide bonds. The fraction of sp³-hybridized carbons (Fsp3) is 0.150. The summed E-state index contributed by atoms with van der Waals surface area (Å²) in [4.78, 5) is 0.138. The van der Waals surface area contributed by atoms with Gasteiger partial charge in [0.25, 0.3) is 10.0 Å². The number of hydrogen-bond donors (Lipinski definition) is 1. The predicted octanol–water partition coefficient (Wildman–Crippen LogP) is 3.19. The van der Waals surface area contributed by atoms with Crippen molar-refractivity contribution in [3.63, 3.8) is 0 Å². The fourth-order valence-electron chi connectivity index (χ4n) is 3.22. The predicted molar refractivity (Wildman–Crippen MR) is 113 cm³/mol. The van der Waals surface area contributed by atoms with Gasteiger partial charge in [0, 0.05) is 12.1 Å². The first-order valence-corrected chi connectivity index (χ1v) is 12.4. The molecule has 0 fully saturated rings. The molecule has 0 saturated carbocycles. The number of benzene rings is 2. The Morgan fingerprint density at radius 3 is 2.27 bits per heavy atom. The third kappa shape index (κ3) is 4.10. The van der Waals surface area contributed by atoms with E-state index in [9.17, 15) is 16.8 Å². The van der Waals surface area contributed by atoms with Gasteiger partial charge >= 0.3 is 0 Å². The lowest BCUT2D eigenvalue weighted by molar-refractivity contribution is 0.320. The van der Waals surface area contributed by atoms with Crippen LogP contribution in [0.5, 0.6) is 0 Å². The number of hydrazone groups is 1. The summed E-state index contributed by atoms with van der Waals surface area (Å²) in [5, 5.41) is 4.41. The van der Waals surface area contributed by atoms with Crippen molar-refractivity contribution in [3.05, 3.63) is 84.3 Å². The third-order valence-corrected chi connectivity index (χ3v) is 6.86. The van der Waals surface area contributed by atoms with Gasteiger partial charge in [-0.05, 0) is 42.0 Å². The topological polar surface area (TPSA) is 109 Å². The Kier molecular flexibility index (Phi) is 5.12. The Morgan fingerprint density at radius 2 is 1.67 bits per heavy atom. The second kappa shape index (κ2) is 7.62. The quantitative estimate of drug-likeness (QED) is 0.627. The monoisotopic (exact) mass is 445 g/mol. The summed E-state index contributed by atoms with van der Waals surface area (Å²) in [6.07, 6.45) is 2.88. The molecule has 0 spiro atoms. The van der Waals surface area contributed by atoms with Crippen LogP contribution in [0.4, 0.5) is 5.69 Å².